The molecule has 0 radical (unpaired) electrons. The molecule has 0 amide bonds. The Morgan fingerprint density at radius 2 is 2.12 bits per heavy atom. The van der Waals surface area contributed by atoms with Crippen LogP contribution in [0, 0.1) is 11.3 Å². The fourth-order valence-corrected chi connectivity index (χ4v) is 3.21. The molecular formula is C18H18N4O3S. The van der Waals surface area contributed by atoms with Crippen molar-refractivity contribution in [3.05, 3.63) is 48.2 Å². The van der Waals surface area contributed by atoms with E-state index < -0.39 is 6.10 Å². The van der Waals surface area contributed by atoms with E-state index in [9.17, 15) is 5.11 Å². The summed E-state index contributed by atoms with van der Waals surface area (Å²) in [7, 11) is 0. The smallest absolute Gasteiger partial charge is 0.200 e. The second-order valence-electron chi connectivity index (χ2n) is 5.44. The van der Waals surface area contributed by atoms with Gasteiger partial charge < -0.3 is 14.3 Å². The van der Waals surface area contributed by atoms with Crippen molar-refractivity contribution in [2.24, 2.45) is 0 Å². The molecule has 134 valence electrons. The number of nitriles is 1. The van der Waals surface area contributed by atoms with Crippen LogP contribution in [0.5, 0.6) is 5.75 Å². The minimum Gasteiger partial charge on any atom is -0.491 e. The van der Waals surface area contributed by atoms with Gasteiger partial charge in [0.15, 0.2) is 16.7 Å². The second kappa shape index (κ2) is 8.56. The molecule has 8 heteroatoms. The van der Waals surface area contributed by atoms with E-state index >= 15 is 0 Å². The van der Waals surface area contributed by atoms with Gasteiger partial charge in [-0.15, -0.1) is 10.2 Å². The number of furan rings is 1. The van der Waals surface area contributed by atoms with Crippen LogP contribution in [-0.2, 0) is 6.54 Å². The number of hydrogen-bond acceptors (Lipinski definition) is 7. The van der Waals surface area contributed by atoms with E-state index in [0.717, 1.165) is 5.16 Å². The monoisotopic (exact) mass is 370 g/mol. The summed E-state index contributed by atoms with van der Waals surface area (Å²) in [4.78, 5) is 0. The molecule has 2 aromatic heterocycles. The number of thioether (sulfide) groups is 1. The number of aromatic nitrogens is 3. The lowest BCUT2D eigenvalue weighted by Crippen LogP contribution is -2.20. The predicted molar refractivity (Wildman–Crippen MR) is 96.8 cm³/mol. The summed E-state index contributed by atoms with van der Waals surface area (Å²) in [5.74, 6) is 2.37. The molecule has 7 nitrogen and oxygen atoms in total. The van der Waals surface area contributed by atoms with Crippen molar-refractivity contribution in [1.82, 2.24) is 14.8 Å². The van der Waals surface area contributed by atoms with E-state index in [0.29, 0.717) is 35.2 Å². The molecule has 0 aliphatic heterocycles. The van der Waals surface area contributed by atoms with Gasteiger partial charge in [-0.3, -0.25) is 4.57 Å². The Kier molecular flexibility index (Phi) is 5.94. The Bertz CT molecular complexity index is 869. The van der Waals surface area contributed by atoms with Crippen molar-refractivity contribution in [2.45, 2.75) is 24.7 Å². The van der Waals surface area contributed by atoms with Crippen molar-refractivity contribution < 1.29 is 14.3 Å². The molecule has 2 heterocycles. The number of rotatable bonds is 8. The molecule has 3 aromatic rings. The summed E-state index contributed by atoms with van der Waals surface area (Å²) in [6.07, 6.45) is 0.936. The van der Waals surface area contributed by atoms with Gasteiger partial charge in [0, 0.05) is 12.3 Å². The quantitative estimate of drug-likeness (QED) is 0.609. The van der Waals surface area contributed by atoms with Crippen molar-refractivity contribution >= 4 is 11.8 Å². The number of ether oxygens (including phenoxy) is 1. The summed E-state index contributed by atoms with van der Waals surface area (Å²) in [5.41, 5.74) is 0.569. The second-order valence-corrected chi connectivity index (χ2v) is 6.43. The summed E-state index contributed by atoms with van der Waals surface area (Å²) >= 11 is 1.41. The van der Waals surface area contributed by atoms with Crippen LogP contribution >= 0.6 is 11.8 Å². The summed E-state index contributed by atoms with van der Waals surface area (Å²) < 4.78 is 12.9. The average Bonchev–Trinajstić information content (AvgIpc) is 3.34. The highest BCUT2D eigenvalue weighted by Gasteiger charge is 2.16. The third-order valence-electron chi connectivity index (χ3n) is 3.61. The standard InChI is InChI=1S/C18H18N4O3S/c1-2-22-17(16-4-3-9-24-16)20-21-18(22)26-12-14(23)11-25-15-7-5-13(10-19)6-8-15/h3-9,14,23H,2,11-12H2,1H3. The maximum absolute atomic E-state index is 10.2. The molecule has 26 heavy (non-hydrogen) atoms. The molecule has 0 spiro atoms. The van der Waals surface area contributed by atoms with E-state index in [2.05, 4.69) is 16.3 Å². The van der Waals surface area contributed by atoms with Crippen LogP contribution in [0.4, 0.5) is 0 Å². The molecule has 0 bridgehead atoms. The molecule has 1 unspecified atom stereocenters. The SMILES string of the molecule is CCn1c(SCC(O)COc2ccc(C#N)cc2)nnc1-c1ccco1. The highest BCUT2D eigenvalue weighted by molar-refractivity contribution is 7.99. The summed E-state index contributed by atoms with van der Waals surface area (Å²) in [6, 6.07) is 12.5. The lowest BCUT2D eigenvalue weighted by atomic mass is 10.2. The van der Waals surface area contributed by atoms with E-state index in [1.54, 1.807) is 36.6 Å². The molecule has 1 aromatic carbocycles. The molecule has 0 saturated carbocycles. The fourth-order valence-electron chi connectivity index (χ4n) is 2.31. The number of aliphatic hydroxyl groups is 1. The molecule has 1 N–H and O–H groups in total. The van der Waals surface area contributed by atoms with Crippen molar-refractivity contribution in [2.75, 3.05) is 12.4 Å². The lowest BCUT2D eigenvalue weighted by Gasteiger charge is -2.12. The van der Waals surface area contributed by atoms with Gasteiger partial charge in [0.2, 0.25) is 0 Å². The van der Waals surface area contributed by atoms with Crippen LogP contribution in [-0.4, -0.2) is 38.3 Å². The Labute approximate surface area is 155 Å². The molecule has 0 fully saturated rings. The zero-order valence-corrected chi connectivity index (χ0v) is 15.0. The first-order chi connectivity index (χ1) is 12.7. The van der Waals surface area contributed by atoms with E-state index in [1.165, 1.54) is 11.8 Å². The summed E-state index contributed by atoms with van der Waals surface area (Å²) in [6.45, 7) is 2.86. The topological polar surface area (TPSA) is 97.1 Å². The van der Waals surface area contributed by atoms with Gasteiger partial charge in [0.1, 0.15) is 12.4 Å². The van der Waals surface area contributed by atoms with Crippen LogP contribution < -0.4 is 4.74 Å². The largest absolute Gasteiger partial charge is 0.491 e. The molecule has 0 saturated heterocycles. The van der Waals surface area contributed by atoms with E-state index in [4.69, 9.17) is 14.4 Å². The first-order valence-electron chi connectivity index (χ1n) is 8.12. The first kappa shape index (κ1) is 18.0. The van der Waals surface area contributed by atoms with Gasteiger partial charge in [-0.25, -0.2) is 0 Å². The van der Waals surface area contributed by atoms with E-state index in [-0.39, 0.29) is 6.61 Å². The van der Waals surface area contributed by atoms with Crippen LogP contribution in [0.15, 0.2) is 52.2 Å². The fraction of sp³-hybridized carbons (Fsp3) is 0.278. The minimum absolute atomic E-state index is 0.157. The Hall–Kier alpha value is -2.76. The van der Waals surface area contributed by atoms with Crippen molar-refractivity contribution in [3.8, 4) is 23.4 Å². The third kappa shape index (κ3) is 4.25. The highest BCUT2D eigenvalue weighted by Crippen LogP contribution is 2.24. The van der Waals surface area contributed by atoms with E-state index in [1.807, 2.05) is 17.6 Å². The maximum Gasteiger partial charge on any atom is 0.200 e. The summed E-state index contributed by atoms with van der Waals surface area (Å²) in [5, 5.41) is 28.0. The minimum atomic E-state index is -0.662. The van der Waals surface area contributed by atoms with Gasteiger partial charge >= 0.3 is 0 Å². The molecule has 1 atom stereocenters. The number of nitrogens with zero attached hydrogens (tertiary/aromatic N) is 4. The average molecular weight is 370 g/mol. The normalized spacial score (nSPS) is 11.9. The predicted octanol–water partition coefficient (Wildman–Crippen LogP) is 2.96. The van der Waals surface area contributed by atoms with Crippen LogP contribution in [0.25, 0.3) is 11.6 Å². The lowest BCUT2D eigenvalue weighted by molar-refractivity contribution is 0.126. The van der Waals surface area contributed by atoms with Crippen LogP contribution in [0.3, 0.4) is 0 Å². The van der Waals surface area contributed by atoms with Crippen molar-refractivity contribution in [1.29, 1.82) is 5.26 Å². The van der Waals surface area contributed by atoms with Gasteiger partial charge in [-0.2, -0.15) is 5.26 Å². The van der Waals surface area contributed by atoms with Gasteiger partial charge in [-0.05, 0) is 43.3 Å². The molecule has 0 aliphatic rings. The number of aliphatic hydroxyl groups excluding tert-OH is 1. The zero-order valence-electron chi connectivity index (χ0n) is 14.2. The Balaban J connectivity index is 1.54. The van der Waals surface area contributed by atoms with Crippen LogP contribution in [0.2, 0.25) is 0 Å². The first-order valence-corrected chi connectivity index (χ1v) is 9.10. The van der Waals surface area contributed by atoms with Gasteiger partial charge in [0.05, 0.1) is 24.0 Å². The van der Waals surface area contributed by atoms with Gasteiger partial charge in [-0.1, -0.05) is 11.8 Å². The van der Waals surface area contributed by atoms with Crippen molar-refractivity contribution in [3.63, 3.8) is 0 Å². The molecular weight excluding hydrogens is 352 g/mol. The Morgan fingerprint density at radius 3 is 2.77 bits per heavy atom. The maximum atomic E-state index is 10.2. The third-order valence-corrected chi connectivity index (χ3v) is 4.72. The highest BCUT2D eigenvalue weighted by atomic mass is 32.2. The Morgan fingerprint density at radius 1 is 1.31 bits per heavy atom. The number of hydrogen-bond donors (Lipinski definition) is 1. The molecule has 0 aliphatic carbocycles. The molecule has 3 rings (SSSR count). The van der Waals surface area contributed by atoms with Gasteiger partial charge in [0.25, 0.3) is 0 Å². The number of benzene rings is 1. The van der Waals surface area contributed by atoms with Crippen LogP contribution in [0.1, 0.15) is 12.5 Å². The zero-order chi connectivity index (χ0) is 18.4.